The lowest BCUT2D eigenvalue weighted by molar-refractivity contribution is -0.118. The average Bonchev–Trinajstić information content (AvgIpc) is 2.98. The van der Waals surface area contributed by atoms with Crippen molar-refractivity contribution in [2.75, 3.05) is 6.54 Å². The van der Waals surface area contributed by atoms with Crippen LogP contribution in [0.4, 0.5) is 0 Å². The Bertz CT molecular complexity index is 147. The van der Waals surface area contributed by atoms with Gasteiger partial charge in [0.1, 0.15) is 0 Å². The third-order valence-corrected chi connectivity index (χ3v) is 2.36. The second kappa shape index (κ2) is 9.04. The molecule has 1 rings (SSSR count). The van der Waals surface area contributed by atoms with Gasteiger partial charge in [0, 0.05) is 14.9 Å². The maximum absolute atomic E-state index is 10.5. The van der Waals surface area contributed by atoms with Gasteiger partial charge in [-0.3, -0.25) is 4.79 Å². The van der Waals surface area contributed by atoms with Gasteiger partial charge in [0.25, 0.3) is 0 Å². The first-order chi connectivity index (χ1) is 6.79. The summed E-state index contributed by atoms with van der Waals surface area (Å²) < 4.78 is 0. The summed E-state index contributed by atoms with van der Waals surface area (Å²) in [6.07, 6.45) is 8.12. The molecule has 2 heteroatoms. The van der Waals surface area contributed by atoms with E-state index in [0.717, 1.165) is 18.9 Å². The van der Waals surface area contributed by atoms with Gasteiger partial charge in [-0.15, -0.1) is 0 Å². The summed E-state index contributed by atoms with van der Waals surface area (Å²) in [5.41, 5.74) is 0. The van der Waals surface area contributed by atoms with E-state index in [9.17, 15) is 4.79 Å². The normalized spacial score (nSPS) is 14.2. The number of carbonyl (C=O) groups excluding carboxylic acids is 1. The highest BCUT2D eigenvalue weighted by atomic mass is 16.1. The minimum Gasteiger partial charge on any atom is -0.356 e. The van der Waals surface area contributed by atoms with Gasteiger partial charge in [-0.2, -0.15) is 0 Å². The van der Waals surface area contributed by atoms with E-state index in [1.54, 1.807) is 6.92 Å². The molecule has 86 valence electrons. The molecule has 1 saturated carbocycles. The zero-order chi connectivity index (χ0) is 10.8. The Labute approximate surface area is 89.9 Å². The number of hydrogen-bond acceptors (Lipinski definition) is 1. The van der Waals surface area contributed by atoms with E-state index in [1.165, 1.54) is 32.1 Å². The molecular weight excluding hydrogens is 174 g/mol. The fourth-order valence-corrected chi connectivity index (χ4v) is 1.41. The lowest BCUT2D eigenvalue weighted by atomic mass is 10.1. The van der Waals surface area contributed by atoms with Crippen molar-refractivity contribution in [2.45, 2.75) is 59.3 Å². The fraction of sp³-hybridized carbons (Fsp3) is 0.917. The van der Waals surface area contributed by atoms with Crippen LogP contribution in [0.2, 0.25) is 0 Å². The molecule has 2 nitrogen and oxygen atoms in total. The first-order valence-electron chi connectivity index (χ1n) is 6.03. The number of rotatable bonds is 6. The molecule has 1 aliphatic carbocycles. The molecule has 0 aromatic carbocycles. The topological polar surface area (TPSA) is 29.1 Å². The molecule has 0 heterocycles. The van der Waals surface area contributed by atoms with E-state index in [2.05, 4.69) is 5.32 Å². The summed E-state index contributed by atoms with van der Waals surface area (Å²) in [7, 11) is 0. The Morgan fingerprint density at radius 1 is 1.29 bits per heavy atom. The molecule has 0 spiro atoms. The third kappa shape index (κ3) is 9.56. The fourth-order valence-electron chi connectivity index (χ4n) is 1.41. The Kier molecular flexibility index (Phi) is 8.70. The molecule has 1 fully saturated rings. The van der Waals surface area contributed by atoms with E-state index in [0.29, 0.717) is 0 Å². The van der Waals surface area contributed by atoms with Gasteiger partial charge in [-0.25, -0.2) is 0 Å². The predicted molar refractivity (Wildman–Crippen MR) is 63.3 cm³/mol. The van der Waals surface area contributed by atoms with E-state index >= 15 is 0 Å². The Morgan fingerprint density at radius 2 is 1.93 bits per heavy atom. The van der Waals surface area contributed by atoms with Crippen molar-refractivity contribution < 1.29 is 6.22 Å². The van der Waals surface area contributed by atoms with Crippen molar-refractivity contribution in [3.05, 3.63) is 0 Å². The maximum atomic E-state index is 10.5. The summed E-state index contributed by atoms with van der Waals surface area (Å²) >= 11 is 0. The summed E-state index contributed by atoms with van der Waals surface area (Å²) in [5, 5.41) is 2.81. The quantitative estimate of drug-likeness (QED) is 0.656. The van der Waals surface area contributed by atoms with Crippen molar-refractivity contribution in [3.8, 4) is 0 Å². The number of nitrogens with one attached hydrogen (secondary N) is 1. The SMILES string of the molecule is CC.CC(=O)NCCCCCC1CC1.[HH]. The van der Waals surface area contributed by atoms with E-state index in [-0.39, 0.29) is 7.33 Å². The molecule has 0 atom stereocenters. The summed E-state index contributed by atoms with van der Waals surface area (Å²) in [6.45, 7) is 6.43. The van der Waals surface area contributed by atoms with Crippen molar-refractivity contribution >= 4 is 5.91 Å². The molecule has 0 saturated heterocycles. The van der Waals surface area contributed by atoms with Crippen LogP contribution in [0.15, 0.2) is 0 Å². The van der Waals surface area contributed by atoms with Crippen LogP contribution in [0.3, 0.4) is 0 Å². The van der Waals surface area contributed by atoms with Crippen molar-refractivity contribution in [1.82, 2.24) is 5.32 Å². The van der Waals surface area contributed by atoms with Gasteiger partial charge in [0.05, 0.1) is 0 Å². The summed E-state index contributed by atoms with van der Waals surface area (Å²) in [5.74, 6) is 1.16. The predicted octanol–water partition coefficient (Wildman–Crippen LogP) is 3.37. The summed E-state index contributed by atoms with van der Waals surface area (Å²) in [4.78, 5) is 10.5. The third-order valence-electron chi connectivity index (χ3n) is 2.36. The Balaban J connectivity index is 0. The van der Waals surface area contributed by atoms with Gasteiger partial charge in [0.2, 0.25) is 5.91 Å². The number of amides is 1. The van der Waals surface area contributed by atoms with Crippen molar-refractivity contribution in [3.63, 3.8) is 0 Å². The van der Waals surface area contributed by atoms with Gasteiger partial charge >= 0.3 is 0 Å². The number of unbranched alkanes of at least 4 members (excludes halogenated alkanes) is 2. The van der Waals surface area contributed by atoms with Crippen molar-refractivity contribution in [2.24, 2.45) is 5.92 Å². The highest BCUT2D eigenvalue weighted by Gasteiger charge is 2.19. The Morgan fingerprint density at radius 3 is 2.43 bits per heavy atom. The van der Waals surface area contributed by atoms with Crippen LogP contribution in [-0.2, 0) is 4.79 Å². The van der Waals surface area contributed by atoms with E-state index in [4.69, 9.17) is 0 Å². The molecule has 14 heavy (non-hydrogen) atoms. The van der Waals surface area contributed by atoms with Crippen LogP contribution in [-0.4, -0.2) is 12.5 Å². The standard InChI is InChI=1S/C10H19NO.C2H6.H2/c1-9(12)11-8-4-2-3-5-10-6-7-10;1-2;/h10H,2-8H2,1H3,(H,11,12);1-2H3;1H. The monoisotopic (exact) mass is 201 g/mol. The van der Waals surface area contributed by atoms with Crippen LogP contribution in [0, 0.1) is 5.92 Å². The van der Waals surface area contributed by atoms with Gasteiger partial charge in [0.15, 0.2) is 0 Å². The molecule has 0 radical (unpaired) electrons. The van der Waals surface area contributed by atoms with Gasteiger partial charge < -0.3 is 5.32 Å². The first kappa shape index (κ1) is 13.5. The molecule has 1 aliphatic rings. The van der Waals surface area contributed by atoms with Crippen LogP contribution >= 0.6 is 0 Å². The molecule has 1 N–H and O–H groups in total. The zero-order valence-corrected chi connectivity index (χ0v) is 9.94. The van der Waals surface area contributed by atoms with E-state index in [1.807, 2.05) is 13.8 Å². The minimum atomic E-state index is 0. The molecule has 0 unspecified atom stereocenters. The van der Waals surface area contributed by atoms with Gasteiger partial charge in [-0.1, -0.05) is 46.0 Å². The molecule has 0 aromatic heterocycles. The molecule has 1 amide bonds. The van der Waals surface area contributed by atoms with Crippen LogP contribution < -0.4 is 5.32 Å². The average molecular weight is 201 g/mol. The molecule has 0 bridgehead atoms. The van der Waals surface area contributed by atoms with Crippen molar-refractivity contribution in [1.29, 1.82) is 0 Å². The highest BCUT2D eigenvalue weighted by Crippen LogP contribution is 2.33. The first-order valence-corrected chi connectivity index (χ1v) is 6.03. The van der Waals surface area contributed by atoms with Crippen LogP contribution in [0.5, 0.6) is 0 Å². The minimum absolute atomic E-state index is 0. The smallest absolute Gasteiger partial charge is 0.216 e. The largest absolute Gasteiger partial charge is 0.356 e. The molecule has 0 aromatic rings. The highest BCUT2D eigenvalue weighted by molar-refractivity contribution is 5.72. The second-order valence-corrected chi connectivity index (χ2v) is 3.78. The summed E-state index contributed by atoms with van der Waals surface area (Å²) in [6, 6.07) is 0. The maximum Gasteiger partial charge on any atom is 0.216 e. The Hall–Kier alpha value is -0.530. The number of hydrogen-bond donors (Lipinski definition) is 1. The lowest BCUT2D eigenvalue weighted by Gasteiger charge is -2.01. The van der Waals surface area contributed by atoms with Crippen LogP contribution in [0.25, 0.3) is 0 Å². The molecular formula is C12H27NO. The van der Waals surface area contributed by atoms with Crippen LogP contribution in [0.1, 0.15) is 60.7 Å². The second-order valence-electron chi connectivity index (χ2n) is 3.78. The van der Waals surface area contributed by atoms with Gasteiger partial charge in [-0.05, 0) is 12.3 Å². The molecule has 0 aliphatic heterocycles. The number of carbonyl (C=O) groups is 1. The van der Waals surface area contributed by atoms with E-state index < -0.39 is 0 Å². The lowest BCUT2D eigenvalue weighted by Crippen LogP contribution is -2.20. The zero-order valence-electron chi connectivity index (χ0n) is 9.94.